The van der Waals surface area contributed by atoms with Crippen molar-refractivity contribution in [2.24, 2.45) is 0 Å². The van der Waals surface area contributed by atoms with Gasteiger partial charge in [-0.25, -0.2) is 0 Å². The first-order valence-electron chi connectivity index (χ1n) is 7.03. The summed E-state index contributed by atoms with van der Waals surface area (Å²) in [6, 6.07) is 0. The molecule has 0 aromatic carbocycles. The third kappa shape index (κ3) is 2.10. The van der Waals surface area contributed by atoms with Gasteiger partial charge in [-0.2, -0.15) is 0 Å². The number of piperidine rings is 1. The summed E-state index contributed by atoms with van der Waals surface area (Å²) >= 11 is 0. The molecule has 1 fully saturated rings. The van der Waals surface area contributed by atoms with Crippen molar-refractivity contribution in [1.82, 2.24) is 19.7 Å². The minimum atomic E-state index is 0.614. The molecule has 0 aliphatic carbocycles. The van der Waals surface area contributed by atoms with Crippen LogP contribution in [-0.2, 0) is 13.0 Å². The average molecular weight is 234 g/mol. The average Bonchev–Trinajstić information content (AvgIpc) is 2.82. The Morgan fingerprint density at radius 3 is 3.00 bits per heavy atom. The Morgan fingerprint density at radius 2 is 2.12 bits per heavy atom. The summed E-state index contributed by atoms with van der Waals surface area (Å²) in [7, 11) is 0. The second-order valence-corrected chi connectivity index (χ2v) is 5.32. The second kappa shape index (κ2) is 4.77. The fourth-order valence-corrected chi connectivity index (χ4v) is 3.19. The Morgan fingerprint density at radius 1 is 1.18 bits per heavy atom. The quantitative estimate of drug-likeness (QED) is 0.782. The van der Waals surface area contributed by atoms with E-state index >= 15 is 0 Å². The van der Waals surface area contributed by atoms with Gasteiger partial charge in [-0.05, 0) is 38.8 Å². The van der Waals surface area contributed by atoms with E-state index in [1.807, 2.05) is 0 Å². The van der Waals surface area contributed by atoms with Crippen molar-refractivity contribution in [1.29, 1.82) is 0 Å². The van der Waals surface area contributed by atoms with Crippen LogP contribution in [0.5, 0.6) is 0 Å². The highest BCUT2D eigenvalue weighted by Crippen LogP contribution is 2.27. The van der Waals surface area contributed by atoms with E-state index in [2.05, 4.69) is 26.6 Å². The predicted molar refractivity (Wildman–Crippen MR) is 67.0 cm³/mol. The summed E-state index contributed by atoms with van der Waals surface area (Å²) < 4.78 is 2.40. The molecular formula is C13H22N4. The lowest BCUT2D eigenvalue weighted by Crippen LogP contribution is -2.35. The molecule has 1 saturated heterocycles. The Bertz CT molecular complexity index is 385. The fourth-order valence-electron chi connectivity index (χ4n) is 3.19. The van der Waals surface area contributed by atoms with Gasteiger partial charge in [-0.3, -0.25) is 0 Å². The summed E-state index contributed by atoms with van der Waals surface area (Å²) in [5.74, 6) is 3.10. The van der Waals surface area contributed by atoms with Crippen molar-refractivity contribution in [2.75, 3.05) is 19.6 Å². The number of hydrogen-bond acceptors (Lipinski definition) is 3. The van der Waals surface area contributed by atoms with E-state index in [9.17, 15) is 0 Å². The number of aromatic nitrogens is 3. The second-order valence-electron chi connectivity index (χ2n) is 5.32. The maximum Gasteiger partial charge on any atom is 0.137 e. The van der Waals surface area contributed by atoms with Crippen molar-refractivity contribution in [3.05, 3.63) is 11.6 Å². The molecule has 0 spiro atoms. The van der Waals surface area contributed by atoms with Gasteiger partial charge in [0.05, 0.1) is 0 Å². The summed E-state index contributed by atoms with van der Waals surface area (Å²) in [6.07, 6.45) is 6.29. The van der Waals surface area contributed by atoms with Crippen LogP contribution in [0.25, 0.3) is 0 Å². The molecule has 1 unspecified atom stereocenters. The van der Waals surface area contributed by atoms with Gasteiger partial charge in [-0.1, -0.05) is 6.92 Å². The molecule has 2 aliphatic rings. The topological polar surface area (TPSA) is 34.0 Å². The van der Waals surface area contributed by atoms with E-state index in [-0.39, 0.29) is 0 Å². The smallest absolute Gasteiger partial charge is 0.137 e. The SMILES string of the molecule is CCN1CCCC(c2nnc3n2CCCC3)C1. The molecule has 3 rings (SSSR count). The Balaban J connectivity index is 1.81. The molecule has 0 N–H and O–H groups in total. The van der Waals surface area contributed by atoms with Gasteiger partial charge >= 0.3 is 0 Å². The molecule has 1 aromatic rings. The first-order valence-corrected chi connectivity index (χ1v) is 7.03. The van der Waals surface area contributed by atoms with Crippen LogP contribution in [0.4, 0.5) is 0 Å². The molecule has 1 aromatic heterocycles. The van der Waals surface area contributed by atoms with Gasteiger partial charge in [0.2, 0.25) is 0 Å². The summed E-state index contributed by atoms with van der Waals surface area (Å²) in [5, 5.41) is 8.85. The van der Waals surface area contributed by atoms with Crippen molar-refractivity contribution < 1.29 is 0 Å². The van der Waals surface area contributed by atoms with Crippen LogP contribution in [0.2, 0.25) is 0 Å². The maximum atomic E-state index is 4.48. The molecule has 17 heavy (non-hydrogen) atoms. The summed E-state index contributed by atoms with van der Waals surface area (Å²) in [6.45, 7) is 6.99. The monoisotopic (exact) mass is 234 g/mol. The van der Waals surface area contributed by atoms with Gasteiger partial charge < -0.3 is 9.47 Å². The summed E-state index contributed by atoms with van der Waals surface area (Å²) in [4.78, 5) is 2.54. The zero-order valence-corrected chi connectivity index (χ0v) is 10.7. The van der Waals surface area contributed by atoms with Crippen LogP contribution in [0, 0.1) is 0 Å². The number of aryl methyl sites for hydroxylation is 1. The molecule has 3 heterocycles. The zero-order chi connectivity index (χ0) is 11.7. The number of nitrogens with zero attached hydrogens (tertiary/aromatic N) is 4. The van der Waals surface area contributed by atoms with Crippen LogP contribution >= 0.6 is 0 Å². The van der Waals surface area contributed by atoms with Crippen LogP contribution < -0.4 is 0 Å². The Labute approximate surface area is 103 Å². The highest BCUT2D eigenvalue weighted by Gasteiger charge is 2.26. The normalized spacial score (nSPS) is 25.8. The van der Waals surface area contributed by atoms with Crippen LogP contribution in [0.1, 0.15) is 50.2 Å². The van der Waals surface area contributed by atoms with E-state index in [0.29, 0.717) is 5.92 Å². The van der Waals surface area contributed by atoms with Crippen molar-refractivity contribution in [3.8, 4) is 0 Å². The molecule has 0 bridgehead atoms. The van der Waals surface area contributed by atoms with Crippen LogP contribution in [-0.4, -0.2) is 39.3 Å². The maximum absolute atomic E-state index is 4.48. The van der Waals surface area contributed by atoms with E-state index in [0.717, 1.165) is 19.5 Å². The fraction of sp³-hybridized carbons (Fsp3) is 0.846. The molecule has 2 aliphatic heterocycles. The first kappa shape index (κ1) is 11.2. The van der Waals surface area contributed by atoms with Gasteiger partial charge in [-0.15, -0.1) is 10.2 Å². The van der Waals surface area contributed by atoms with Gasteiger partial charge in [0.15, 0.2) is 0 Å². The Hall–Kier alpha value is -0.900. The number of hydrogen-bond donors (Lipinski definition) is 0. The van der Waals surface area contributed by atoms with Crippen molar-refractivity contribution in [3.63, 3.8) is 0 Å². The third-order valence-corrected chi connectivity index (χ3v) is 4.21. The van der Waals surface area contributed by atoms with Crippen LogP contribution in [0.15, 0.2) is 0 Å². The molecule has 4 nitrogen and oxygen atoms in total. The lowest BCUT2D eigenvalue weighted by atomic mass is 9.97. The lowest BCUT2D eigenvalue weighted by molar-refractivity contribution is 0.211. The molecule has 0 saturated carbocycles. The highest BCUT2D eigenvalue weighted by molar-refractivity contribution is 5.06. The van der Waals surface area contributed by atoms with E-state index in [1.54, 1.807) is 0 Å². The lowest BCUT2D eigenvalue weighted by Gasteiger charge is -2.31. The van der Waals surface area contributed by atoms with Crippen molar-refractivity contribution in [2.45, 2.75) is 51.5 Å². The van der Waals surface area contributed by atoms with Crippen molar-refractivity contribution >= 4 is 0 Å². The molecule has 0 amide bonds. The van der Waals surface area contributed by atoms with E-state index in [4.69, 9.17) is 0 Å². The minimum Gasteiger partial charge on any atom is -0.315 e. The highest BCUT2D eigenvalue weighted by atomic mass is 15.3. The molecule has 0 radical (unpaired) electrons. The largest absolute Gasteiger partial charge is 0.315 e. The third-order valence-electron chi connectivity index (χ3n) is 4.21. The molecule has 94 valence electrons. The zero-order valence-electron chi connectivity index (χ0n) is 10.7. The number of likely N-dealkylation sites (tertiary alicyclic amines) is 1. The number of likely N-dealkylation sites (N-methyl/N-ethyl adjacent to an activating group) is 1. The standard InChI is InChI=1S/C13H22N4/c1-2-16-8-5-6-11(10-16)13-15-14-12-7-3-4-9-17(12)13/h11H,2-10H2,1H3. The van der Waals surface area contributed by atoms with Crippen LogP contribution in [0.3, 0.4) is 0 Å². The van der Waals surface area contributed by atoms with Gasteiger partial charge in [0.25, 0.3) is 0 Å². The van der Waals surface area contributed by atoms with Gasteiger partial charge in [0.1, 0.15) is 11.6 Å². The predicted octanol–water partition coefficient (Wildman–Crippen LogP) is 1.81. The Kier molecular flexibility index (Phi) is 3.14. The molecule has 1 atom stereocenters. The molecule has 4 heteroatoms. The van der Waals surface area contributed by atoms with E-state index < -0.39 is 0 Å². The number of rotatable bonds is 2. The van der Waals surface area contributed by atoms with Gasteiger partial charge in [0, 0.05) is 25.4 Å². The minimum absolute atomic E-state index is 0.614. The summed E-state index contributed by atoms with van der Waals surface area (Å²) in [5.41, 5.74) is 0. The number of fused-ring (bicyclic) bond motifs is 1. The first-order chi connectivity index (χ1) is 8.38. The van der Waals surface area contributed by atoms with E-state index in [1.165, 1.54) is 50.4 Å². The molecular weight excluding hydrogens is 212 g/mol.